The highest BCUT2D eigenvalue weighted by Gasteiger charge is 2.22. The first kappa shape index (κ1) is 15.7. The van der Waals surface area contributed by atoms with Gasteiger partial charge in [0, 0.05) is 24.7 Å². The van der Waals surface area contributed by atoms with Gasteiger partial charge in [-0.3, -0.25) is 14.9 Å². The number of carbonyl (C=O) groups excluding carboxylic acids is 1. The van der Waals surface area contributed by atoms with Crippen molar-refractivity contribution in [2.75, 3.05) is 18.8 Å². The van der Waals surface area contributed by atoms with Crippen molar-refractivity contribution in [2.24, 2.45) is 0 Å². The van der Waals surface area contributed by atoms with Crippen LogP contribution in [-0.4, -0.2) is 28.8 Å². The van der Waals surface area contributed by atoms with Gasteiger partial charge in [0.1, 0.15) is 5.69 Å². The van der Waals surface area contributed by atoms with Crippen LogP contribution >= 0.6 is 0 Å². The van der Waals surface area contributed by atoms with Crippen molar-refractivity contribution in [2.45, 2.75) is 6.42 Å². The van der Waals surface area contributed by atoms with Gasteiger partial charge in [0.15, 0.2) is 0 Å². The number of nitrogens with zero attached hydrogens (tertiary/aromatic N) is 2. The molecule has 1 aliphatic rings. The second-order valence-electron chi connectivity index (χ2n) is 5.63. The Morgan fingerprint density at radius 2 is 1.92 bits per heavy atom. The molecule has 24 heavy (non-hydrogen) atoms. The molecule has 2 aromatic rings. The summed E-state index contributed by atoms with van der Waals surface area (Å²) in [5.74, 6) is -0.221. The fourth-order valence-electron chi connectivity index (χ4n) is 2.79. The molecule has 0 bridgehead atoms. The van der Waals surface area contributed by atoms with E-state index in [9.17, 15) is 14.9 Å². The first-order valence-corrected chi connectivity index (χ1v) is 7.64. The van der Waals surface area contributed by atoms with Crippen LogP contribution in [0.15, 0.2) is 54.6 Å². The maximum Gasteiger partial charge on any atom is 0.292 e. The Hall–Kier alpha value is -3.15. The van der Waals surface area contributed by atoms with E-state index in [-0.39, 0.29) is 22.8 Å². The highest BCUT2D eigenvalue weighted by Crippen LogP contribution is 2.26. The summed E-state index contributed by atoms with van der Waals surface area (Å²) < 4.78 is 0. The smallest absolute Gasteiger partial charge is 0.292 e. The van der Waals surface area contributed by atoms with E-state index < -0.39 is 4.92 Å². The SMILES string of the molecule is Nc1ccc(C(=O)N2CC=C(c3ccccc3)CC2)cc1[N+](=O)[O-]. The van der Waals surface area contributed by atoms with E-state index in [1.165, 1.54) is 23.8 Å². The van der Waals surface area contributed by atoms with Gasteiger partial charge in [-0.25, -0.2) is 0 Å². The molecule has 0 spiro atoms. The van der Waals surface area contributed by atoms with Crippen LogP contribution in [-0.2, 0) is 0 Å². The number of nitro benzene ring substituents is 1. The summed E-state index contributed by atoms with van der Waals surface area (Å²) in [6.45, 7) is 1.07. The lowest BCUT2D eigenvalue weighted by Crippen LogP contribution is -2.34. The van der Waals surface area contributed by atoms with Gasteiger partial charge < -0.3 is 10.6 Å². The van der Waals surface area contributed by atoms with E-state index in [1.807, 2.05) is 36.4 Å². The maximum absolute atomic E-state index is 12.6. The maximum atomic E-state index is 12.6. The zero-order valence-electron chi connectivity index (χ0n) is 13.0. The summed E-state index contributed by atoms with van der Waals surface area (Å²) in [7, 11) is 0. The van der Waals surface area contributed by atoms with Crippen LogP contribution in [0.5, 0.6) is 0 Å². The summed E-state index contributed by atoms with van der Waals surface area (Å²) in [5, 5.41) is 11.0. The fourth-order valence-corrected chi connectivity index (χ4v) is 2.79. The van der Waals surface area contributed by atoms with Crippen LogP contribution < -0.4 is 5.73 Å². The first-order chi connectivity index (χ1) is 11.6. The van der Waals surface area contributed by atoms with Crippen molar-refractivity contribution in [3.8, 4) is 0 Å². The van der Waals surface area contributed by atoms with Crippen LogP contribution in [0.2, 0.25) is 0 Å². The normalized spacial score (nSPS) is 14.2. The molecule has 1 heterocycles. The minimum absolute atomic E-state index is 0.0569. The van der Waals surface area contributed by atoms with Gasteiger partial charge in [-0.05, 0) is 29.7 Å². The molecule has 2 aromatic carbocycles. The topological polar surface area (TPSA) is 89.5 Å². The number of carbonyl (C=O) groups is 1. The predicted molar refractivity (Wildman–Crippen MR) is 92.4 cm³/mol. The second kappa shape index (κ2) is 6.54. The molecule has 2 N–H and O–H groups in total. The summed E-state index contributed by atoms with van der Waals surface area (Å²) in [6.07, 6.45) is 2.79. The summed E-state index contributed by atoms with van der Waals surface area (Å²) in [5.41, 5.74) is 8.05. The lowest BCUT2D eigenvalue weighted by Gasteiger charge is -2.26. The van der Waals surface area contributed by atoms with E-state index in [1.54, 1.807) is 4.90 Å². The van der Waals surface area contributed by atoms with Crippen molar-refractivity contribution in [3.05, 3.63) is 75.8 Å². The van der Waals surface area contributed by atoms with Crippen LogP contribution in [0.3, 0.4) is 0 Å². The number of hydrogen-bond donors (Lipinski definition) is 1. The third kappa shape index (κ3) is 3.12. The van der Waals surface area contributed by atoms with Gasteiger partial charge in [-0.1, -0.05) is 36.4 Å². The van der Waals surface area contributed by atoms with Crippen molar-refractivity contribution >= 4 is 22.9 Å². The molecule has 1 amide bonds. The van der Waals surface area contributed by atoms with Gasteiger partial charge in [-0.15, -0.1) is 0 Å². The third-order valence-electron chi connectivity index (χ3n) is 4.12. The zero-order valence-corrected chi connectivity index (χ0v) is 13.0. The number of nitrogens with two attached hydrogens (primary N) is 1. The van der Waals surface area contributed by atoms with E-state index in [2.05, 4.69) is 0 Å². The van der Waals surface area contributed by atoms with Crippen molar-refractivity contribution < 1.29 is 9.72 Å². The Bertz CT molecular complexity index is 816. The zero-order chi connectivity index (χ0) is 17.1. The monoisotopic (exact) mass is 323 g/mol. The molecule has 1 aliphatic heterocycles. The predicted octanol–water partition coefficient (Wildman–Crippen LogP) is 3.11. The minimum Gasteiger partial charge on any atom is -0.393 e. The Kier molecular flexibility index (Phi) is 4.29. The Morgan fingerprint density at radius 3 is 2.54 bits per heavy atom. The van der Waals surface area contributed by atoms with Gasteiger partial charge in [0.05, 0.1) is 4.92 Å². The lowest BCUT2D eigenvalue weighted by atomic mass is 9.99. The first-order valence-electron chi connectivity index (χ1n) is 7.64. The molecule has 3 rings (SSSR count). The van der Waals surface area contributed by atoms with E-state index in [0.29, 0.717) is 13.1 Å². The van der Waals surface area contributed by atoms with Crippen LogP contribution in [0.25, 0.3) is 5.57 Å². The lowest BCUT2D eigenvalue weighted by molar-refractivity contribution is -0.383. The van der Waals surface area contributed by atoms with Crippen molar-refractivity contribution in [1.29, 1.82) is 0 Å². The largest absolute Gasteiger partial charge is 0.393 e. The van der Waals surface area contributed by atoms with Crippen LogP contribution in [0.1, 0.15) is 22.3 Å². The van der Waals surface area contributed by atoms with Crippen LogP contribution in [0, 0.1) is 10.1 Å². The molecule has 0 atom stereocenters. The molecular formula is C18H17N3O3. The molecule has 0 saturated heterocycles. The van der Waals surface area contributed by atoms with Gasteiger partial charge >= 0.3 is 0 Å². The highest BCUT2D eigenvalue weighted by molar-refractivity contribution is 5.96. The Balaban J connectivity index is 1.77. The molecule has 122 valence electrons. The quantitative estimate of drug-likeness (QED) is 0.534. The minimum atomic E-state index is -0.574. The fraction of sp³-hybridized carbons (Fsp3) is 0.167. The number of nitrogen functional groups attached to an aromatic ring is 1. The second-order valence-corrected chi connectivity index (χ2v) is 5.63. The number of nitro groups is 1. The van der Waals surface area contributed by atoms with Crippen LogP contribution in [0.4, 0.5) is 11.4 Å². The molecule has 6 heteroatoms. The number of rotatable bonds is 3. The molecule has 0 aliphatic carbocycles. The van der Waals surface area contributed by atoms with E-state index >= 15 is 0 Å². The molecule has 0 unspecified atom stereocenters. The molecular weight excluding hydrogens is 306 g/mol. The van der Waals surface area contributed by atoms with E-state index in [4.69, 9.17) is 5.73 Å². The average molecular weight is 323 g/mol. The molecule has 0 aromatic heterocycles. The number of hydrogen-bond acceptors (Lipinski definition) is 4. The summed E-state index contributed by atoms with van der Waals surface area (Å²) in [6, 6.07) is 14.2. The third-order valence-corrected chi connectivity index (χ3v) is 4.12. The van der Waals surface area contributed by atoms with Crippen molar-refractivity contribution in [1.82, 2.24) is 4.90 Å². The summed E-state index contributed by atoms with van der Waals surface area (Å²) >= 11 is 0. The standard InChI is InChI=1S/C18H17N3O3/c19-16-7-6-15(12-17(16)21(23)24)18(22)20-10-8-14(9-11-20)13-4-2-1-3-5-13/h1-8,12H,9-11,19H2. The molecule has 6 nitrogen and oxygen atoms in total. The Labute approximate surface area is 139 Å². The number of amides is 1. The molecule has 0 saturated carbocycles. The van der Waals surface area contributed by atoms with Gasteiger partial charge in [0.25, 0.3) is 11.6 Å². The number of anilines is 1. The number of benzene rings is 2. The summed E-state index contributed by atoms with van der Waals surface area (Å²) in [4.78, 5) is 24.6. The van der Waals surface area contributed by atoms with Gasteiger partial charge in [0.2, 0.25) is 0 Å². The van der Waals surface area contributed by atoms with E-state index in [0.717, 1.165) is 12.0 Å². The Morgan fingerprint density at radius 1 is 1.17 bits per heavy atom. The average Bonchev–Trinajstić information content (AvgIpc) is 2.62. The molecule has 0 fully saturated rings. The molecule has 0 radical (unpaired) electrons. The van der Waals surface area contributed by atoms with Gasteiger partial charge in [-0.2, -0.15) is 0 Å². The highest BCUT2D eigenvalue weighted by atomic mass is 16.6. The van der Waals surface area contributed by atoms with Crippen molar-refractivity contribution in [3.63, 3.8) is 0 Å².